The summed E-state index contributed by atoms with van der Waals surface area (Å²) >= 11 is 0. The fraction of sp³-hybridized carbons (Fsp3) is 0.929. The van der Waals surface area contributed by atoms with Gasteiger partial charge >= 0.3 is 0 Å². The Balaban J connectivity index is 0. The van der Waals surface area contributed by atoms with Crippen LogP contribution in [0.2, 0.25) is 0 Å². The highest BCUT2D eigenvalue weighted by molar-refractivity contribution is 5.48. The van der Waals surface area contributed by atoms with Crippen LogP contribution >= 0.6 is 0 Å². The first-order valence-electron chi connectivity index (χ1n) is 6.85. The van der Waals surface area contributed by atoms with E-state index >= 15 is 0 Å². The maximum atomic E-state index is 10.1. The zero-order valence-corrected chi connectivity index (χ0v) is 11.2. The van der Waals surface area contributed by atoms with E-state index in [9.17, 15) is 4.79 Å². The molecule has 0 aliphatic rings. The number of carbonyl (C=O) groups excluding carboxylic acids is 1. The third-order valence-electron chi connectivity index (χ3n) is 2.93. The molecule has 0 heterocycles. The molecule has 0 unspecified atom stereocenters. The molecular formula is C14H31NO. The maximum absolute atomic E-state index is 10.1. The Morgan fingerprint density at radius 2 is 1.06 bits per heavy atom. The van der Waals surface area contributed by atoms with Crippen LogP contribution in [-0.2, 0) is 4.79 Å². The topological polar surface area (TPSA) is 52.1 Å². The Hall–Kier alpha value is -0.370. The molecule has 98 valence electrons. The summed E-state index contributed by atoms with van der Waals surface area (Å²) in [5.41, 5.74) is 0. The first kappa shape index (κ1) is 18.0. The van der Waals surface area contributed by atoms with Crippen molar-refractivity contribution < 1.29 is 4.79 Å². The molecule has 2 heteroatoms. The molecule has 2 nitrogen and oxygen atoms in total. The second-order valence-corrected chi connectivity index (χ2v) is 4.49. The highest BCUT2D eigenvalue weighted by Gasteiger charge is 1.92. The molecule has 0 aliphatic carbocycles. The fourth-order valence-corrected chi connectivity index (χ4v) is 1.89. The predicted octanol–water partition coefficient (Wildman–Crippen LogP) is 5.05. The van der Waals surface area contributed by atoms with E-state index < -0.39 is 0 Å². The van der Waals surface area contributed by atoms with Gasteiger partial charge in [-0.25, -0.2) is 0 Å². The monoisotopic (exact) mass is 229 g/mol. The molecule has 0 fully saturated rings. The van der Waals surface area contributed by atoms with Crippen molar-refractivity contribution in [3.8, 4) is 0 Å². The van der Waals surface area contributed by atoms with Crippen LogP contribution in [0, 0.1) is 0 Å². The normalized spacial score (nSPS) is 9.81. The van der Waals surface area contributed by atoms with Crippen LogP contribution in [0.5, 0.6) is 0 Å². The van der Waals surface area contributed by atoms with Gasteiger partial charge in [-0.3, -0.25) is 0 Å². The predicted molar refractivity (Wildman–Crippen MR) is 72.2 cm³/mol. The SMILES string of the molecule is CCCCCCCCCCCCCC=O.N. The van der Waals surface area contributed by atoms with Crippen LogP contribution in [0.1, 0.15) is 84.0 Å². The highest BCUT2D eigenvalue weighted by Crippen LogP contribution is 2.11. The molecule has 16 heavy (non-hydrogen) atoms. The quantitative estimate of drug-likeness (QED) is 0.376. The molecule has 0 saturated heterocycles. The van der Waals surface area contributed by atoms with Crippen molar-refractivity contribution in [3.05, 3.63) is 0 Å². The molecule has 0 atom stereocenters. The van der Waals surface area contributed by atoms with Gasteiger partial charge < -0.3 is 10.9 Å². The summed E-state index contributed by atoms with van der Waals surface area (Å²) in [6.45, 7) is 2.26. The van der Waals surface area contributed by atoms with Crippen LogP contribution in [-0.4, -0.2) is 6.29 Å². The van der Waals surface area contributed by atoms with Gasteiger partial charge in [0.15, 0.2) is 0 Å². The number of carbonyl (C=O) groups is 1. The molecule has 0 bridgehead atoms. The summed E-state index contributed by atoms with van der Waals surface area (Å²) in [6, 6.07) is 0. The first-order chi connectivity index (χ1) is 7.41. The molecule has 3 N–H and O–H groups in total. The molecular weight excluding hydrogens is 198 g/mol. The summed E-state index contributed by atoms with van der Waals surface area (Å²) in [5.74, 6) is 0. The number of hydrogen-bond acceptors (Lipinski definition) is 2. The third kappa shape index (κ3) is 16.1. The van der Waals surface area contributed by atoms with Gasteiger partial charge in [0, 0.05) is 6.42 Å². The van der Waals surface area contributed by atoms with Gasteiger partial charge in [0.05, 0.1) is 0 Å². The van der Waals surface area contributed by atoms with Gasteiger partial charge in [-0.05, 0) is 6.42 Å². The summed E-state index contributed by atoms with van der Waals surface area (Å²) in [5, 5.41) is 0. The lowest BCUT2D eigenvalue weighted by Gasteiger charge is -2.01. The van der Waals surface area contributed by atoms with E-state index in [1.54, 1.807) is 0 Å². The first-order valence-corrected chi connectivity index (χ1v) is 6.85. The molecule has 0 spiro atoms. The Morgan fingerprint density at radius 3 is 1.44 bits per heavy atom. The van der Waals surface area contributed by atoms with E-state index in [4.69, 9.17) is 0 Å². The summed E-state index contributed by atoms with van der Waals surface area (Å²) in [6.07, 6.45) is 16.7. The van der Waals surface area contributed by atoms with Crippen LogP contribution in [0.25, 0.3) is 0 Å². The lowest BCUT2D eigenvalue weighted by Crippen LogP contribution is -1.82. The van der Waals surface area contributed by atoms with E-state index in [1.807, 2.05) is 0 Å². The number of unbranched alkanes of at least 4 members (excludes halogenated alkanes) is 11. The second-order valence-electron chi connectivity index (χ2n) is 4.49. The van der Waals surface area contributed by atoms with Crippen LogP contribution < -0.4 is 6.15 Å². The largest absolute Gasteiger partial charge is 0.344 e. The molecule has 0 aliphatic heterocycles. The van der Waals surface area contributed by atoms with Gasteiger partial charge in [-0.15, -0.1) is 0 Å². The molecule has 0 aromatic heterocycles. The van der Waals surface area contributed by atoms with Crippen molar-refractivity contribution in [1.82, 2.24) is 6.15 Å². The maximum Gasteiger partial charge on any atom is 0.119 e. The van der Waals surface area contributed by atoms with Crippen molar-refractivity contribution in [2.45, 2.75) is 84.0 Å². The number of rotatable bonds is 12. The number of aldehydes is 1. The molecule has 0 rings (SSSR count). The van der Waals surface area contributed by atoms with Gasteiger partial charge in [0.25, 0.3) is 0 Å². The Kier molecular flexibility index (Phi) is 19.2. The smallest absolute Gasteiger partial charge is 0.119 e. The van der Waals surface area contributed by atoms with Crippen LogP contribution in [0.15, 0.2) is 0 Å². The fourth-order valence-electron chi connectivity index (χ4n) is 1.89. The molecule has 0 aromatic rings. The summed E-state index contributed by atoms with van der Waals surface area (Å²) in [7, 11) is 0. The van der Waals surface area contributed by atoms with E-state index in [0.29, 0.717) is 0 Å². The highest BCUT2D eigenvalue weighted by atomic mass is 16.1. The van der Waals surface area contributed by atoms with E-state index in [-0.39, 0.29) is 6.15 Å². The lowest BCUT2D eigenvalue weighted by molar-refractivity contribution is -0.107. The van der Waals surface area contributed by atoms with Crippen molar-refractivity contribution in [2.75, 3.05) is 0 Å². The van der Waals surface area contributed by atoms with Crippen molar-refractivity contribution in [3.63, 3.8) is 0 Å². The minimum atomic E-state index is 0. The van der Waals surface area contributed by atoms with E-state index in [0.717, 1.165) is 19.1 Å². The zero-order chi connectivity index (χ0) is 11.2. The molecule has 0 aromatic carbocycles. The van der Waals surface area contributed by atoms with Crippen molar-refractivity contribution >= 4 is 6.29 Å². The van der Waals surface area contributed by atoms with Gasteiger partial charge in [-0.1, -0.05) is 71.1 Å². The van der Waals surface area contributed by atoms with Gasteiger partial charge in [-0.2, -0.15) is 0 Å². The van der Waals surface area contributed by atoms with Crippen LogP contribution in [0.3, 0.4) is 0 Å². The Morgan fingerprint density at radius 1 is 0.688 bits per heavy atom. The minimum Gasteiger partial charge on any atom is -0.344 e. The van der Waals surface area contributed by atoms with Crippen molar-refractivity contribution in [1.29, 1.82) is 0 Å². The van der Waals surface area contributed by atoms with Crippen molar-refractivity contribution in [2.24, 2.45) is 0 Å². The average Bonchev–Trinajstić information content (AvgIpc) is 2.26. The number of hydrogen-bond donors (Lipinski definition) is 1. The zero-order valence-electron chi connectivity index (χ0n) is 11.2. The minimum absolute atomic E-state index is 0. The average molecular weight is 229 g/mol. The summed E-state index contributed by atoms with van der Waals surface area (Å²) in [4.78, 5) is 10.1. The molecule has 0 saturated carbocycles. The molecule has 0 radical (unpaired) electrons. The summed E-state index contributed by atoms with van der Waals surface area (Å²) < 4.78 is 0. The lowest BCUT2D eigenvalue weighted by atomic mass is 10.1. The second kappa shape index (κ2) is 17.0. The van der Waals surface area contributed by atoms with Gasteiger partial charge in [0.1, 0.15) is 6.29 Å². The standard InChI is InChI=1S/C14H28O.H3N/c1-2-3-4-5-6-7-8-9-10-11-12-13-14-15;/h14H,2-13H2,1H3;1H3. The third-order valence-corrected chi connectivity index (χ3v) is 2.93. The van der Waals surface area contributed by atoms with E-state index in [2.05, 4.69) is 6.92 Å². The van der Waals surface area contributed by atoms with Gasteiger partial charge in [0.2, 0.25) is 0 Å². The van der Waals surface area contributed by atoms with Crippen LogP contribution in [0.4, 0.5) is 0 Å². The van der Waals surface area contributed by atoms with E-state index in [1.165, 1.54) is 64.2 Å². The molecule has 0 amide bonds. The Labute approximate surface area is 102 Å². The Bertz CT molecular complexity index is 126.